The Bertz CT molecular complexity index is 136. The average Bonchev–Trinajstić information content (AvgIpc) is 2.13. The molecule has 0 aromatic heterocycles. The third-order valence-electron chi connectivity index (χ3n) is 2.76. The van der Waals surface area contributed by atoms with Crippen LogP contribution in [0.15, 0.2) is 0 Å². The van der Waals surface area contributed by atoms with Gasteiger partial charge in [-0.1, -0.05) is 27.7 Å². The van der Waals surface area contributed by atoms with Crippen molar-refractivity contribution < 1.29 is 4.74 Å². The fourth-order valence-corrected chi connectivity index (χ4v) is 1.45. The first-order chi connectivity index (χ1) is 6.54. The van der Waals surface area contributed by atoms with Crippen LogP contribution >= 0.6 is 0 Å². The summed E-state index contributed by atoms with van der Waals surface area (Å²) < 4.78 is 5.61. The van der Waals surface area contributed by atoms with Gasteiger partial charge < -0.3 is 10.1 Å². The largest absolute Gasteiger partial charge is 0.381 e. The van der Waals surface area contributed by atoms with Crippen LogP contribution in [0.4, 0.5) is 0 Å². The maximum atomic E-state index is 5.61. The lowest BCUT2D eigenvalue weighted by Crippen LogP contribution is -2.30. The molecule has 1 N–H and O–H groups in total. The SMILES string of the molecule is CCC(C)(CCOCC(C)C)CNC. The van der Waals surface area contributed by atoms with Crippen molar-refractivity contribution in [2.24, 2.45) is 11.3 Å². The first-order valence-corrected chi connectivity index (χ1v) is 5.76. The molecule has 1 atom stereocenters. The third kappa shape index (κ3) is 6.39. The van der Waals surface area contributed by atoms with E-state index in [-0.39, 0.29) is 0 Å². The number of nitrogens with one attached hydrogen (secondary N) is 1. The monoisotopic (exact) mass is 201 g/mol. The quantitative estimate of drug-likeness (QED) is 0.610. The Morgan fingerprint density at radius 1 is 1.36 bits per heavy atom. The molecule has 0 heterocycles. The van der Waals surface area contributed by atoms with Gasteiger partial charge in [0, 0.05) is 19.8 Å². The van der Waals surface area contributed by atoms with Crippen LogP contribution in [-0.2, 0) is 4.74 Å². The molecule has 0 aliphatic heterocycles. The van der Waals surface area contributed by atoms with E-state index >= 15 is 0 Å². The van der Waals surface area contributed by atoms with Gasteiger partial charge in [0.2, 0.25) is 0 Å². The van der Waals surface area contributed by atoms with E-state index in [1.54, 1.807) is 0 Å². The van der Waals surface area contributed by atoms with Gasteiger partial charge in [0.05, 0.1) is 0 Å². The normalized spacial score (nSPS) is 15.9. The molecule has 0 bridgehead atoms. The molecule has 14 heavy (non-hydrogen) atoms. The number of hydrogen-bond acceptors (Lipinski definition) is 2. The zero-order chi connectivity index (χ0) is 11.0. The summed E-state index contributed by atoms with van der Waals surface area (Å²) in [6.07, 6.45) is 2.36. The zero-order valence-corrected chi connectivity index (χ0v) is 10.5. The Morgan fingerprint density at radius 3 is 2.43 bits per heavy atom. The topological polar surface area (TPSA) is 21.3 Å². The minimum atomic E-state index is 0.395. The van der Waals surface area contributed by atoms with Gasteiger partial charge in [-0.3, -0.25) is 0 Å². The Balaban J connectivity index is 3.61. The highest BCUT2D eigenvalue weighted by Gasteiger charge is 2.20. The van der Waals surface area contributed by atoms with Crippen molar-refractivity contribution in [3.8, 4) is 0 Å². The van der Waals surface area contributed by atoms with Crippen LogP contribution in [0.3, 0.4) is 0 Å². The van der Waals surface area contributed by atoms with Crippen molar-refractivity contribution in [1.29, 1.82) is 0 Å². The van der Waals surface area contributed by atoms with Gasteiger partial charge in [0.1, 0.15) is 0 Å². The second kappa shape index (κ2) is 7.24. The van der Waals surface area contributed by atoms with Crippen LogP contribution in [0.5, 0.6) is 0 Å². The molecule has 0 saturated heterocycles. The van der Waals surface area contributed by atoms with E-state index in [2.05, 4.69) is 33.0 Å². The second-order valence-corrected chi connectivity index (χ2v) is 4.91. The van der Waals surface area contributed by atoms with Gasteiger partial charge in [0.15, 0.2) is 0 Å². The minimum Gasteiger partial charge on any atom is -0.381 e. The van der Waals surface area contributed by atoms with Crippen molar-refractivity contribution in [2.45, 2.75) is 40.5 Å². The molecule has 0 spiro atoms. The summed E-state index contributed by atoms with van der Waals surface area (Å²) in [7, 11) is 2.02. The predicted molar refractivity (Wildman–Crippen MR) is 62.6 cm³/mol. The van der Waals surface area contributed by atoms with Gasteiger partial charge in [-0.2, -0.15) is 0 Å². The smallest absolute Gasteiger partial charge is 0.0488 e. The molecule has 1 unspecified atom stereocenters. The van der Waals surface area contributed by atoms with Gasteiger partial charge in [-0.15, -0.1) is 0 Å². The van der Waals surface area contributed by atoms with Crippen LogP contribution in [0.1, 0.15) is 40.5 Å². The molecule has 0 saturated carbocycles. The lowest BCUT2D eigenvalue weighted by molar-refractivity contribution is 0.0795. The minimum absolute atomic E-state index is 0.395. The summed E-state index contributed by atoms with van der Waals surface area (Å²) in [6.45, 7) is 11.8. The van der Waals surface area contributed by atoms with Gasteiger partial charge >= 0.3 is 0 Å². The molecule has 0 aromatic carbocycles. The Morgan fingerprint density at radius 2 is 2.00 bits per heavy atom. The summed E-state index contributed by atoms with van der Waals surface area (Å²) in [4.78, 5) is 0. The molecule has 86 valence electrons. The van der Waals surface area contributed by atoms with Gasteiger partial charge in [-0.25, -0.2) is 0 Å². The Hall–Kier alpha value is -0.0800. The molecule has 0 aliphatic carbocycles. The summed E-state index contributed by atoms with van der Waals surface area (Å²) in [6, 6.07) is 0. The standard InChI is InChI=1S/C12H27NO/c1-6-12(4,10-13-5)7-8-14-9-11(2)3/h11,13H,6-10H2,1-5H3. The molecule has 0 rings (SSSR count). The van der Waals surface area contributed by atoms with E-state index in [9.17, 15) is 0 Å². The number of hydrogen-bond donors (Lipinski definition) is 1. The molecule has 2 heteroatoms. The van der Waals surface area contributed by atoms with Gasteiger partial charge in [-0.05, 0) is 31.2 Å². The number of rotatable bonds is 8. The fourth-order valence-electron chi connectivity index (χ4n) is 1.45. The Labute approximate surface area is 89.4 Å². The van der Waals surface area contributed by atoms with E-state index in [1.165, 1.54) is 6.42 Å². The molecular formula is C12H27NO. The summed E-state index contributed by atoms with van der Waals surface area (Å²) in [5.41, 5.74) is 0.395. The van der Waals surface area contributed by atoms with Crippen molar-refractivity contribution in [3.63, 3.8) is 0 Å². The van der Waals surface area contributed by atoms with Gasteiger partial charge in [0.25, 0.3) is 0 Å². The van der Waals surface area contributed by atoms with E-state index in [1.807, 2.05) is 7.05 Å². The lowest BCUT2D eigenvalue weighted by Gasteiger charge is -2.27. The highest BCUT2D eigenvalue weighted by molar-refractivity contribution is 4.74. The zero-order valence-electron chi connectivity index (χ0n) is 10.5. The molecule has 0 amide bonds. The van der Waals surface area contributed by atoms with Crippen LogP contribution in [-0.4, -0.2) is 26.8 Å². The first kappa shape index (κ1) is 13.9. The molecular weight excluding hydrogens is 174 g/mol. The molecule has 0 aromatic rings. The highest BCUT2D eigenvalue weighted by Crippen LogP contribution is 2.24. The summed E-state index contributed by atoms with van der Waals surface area (Å²) >= 11 is 0. The van der Waals surface area contributed by atoms with E-state index in [0.29, 0.717) is 11.3 Å². The second-order valence-electron chi connectivity index (χ2n) is 4.91. The predicted octanol–water partition coefficient (Wildman–Crippen LogP) is 2.68. The van der Waals surface area contributed by atoms with Crippen LogP contribution in [0.25, 0.3) is 0 Å². The summed E-state index contributed by atoms with van der Waals surface area (Å²) in [5.74, 6) is 0.646. The average molecular weight is 201 g/mol. The van der Waals surface area contributed by atoms with Crippen LogP contribution < -0.4 is 5.32 Å². The summed E-state index contributed by atoms with van der Waals surface area (Å²) in [5, 5.41) is 3.25. The number of ether oxygens (including phenoxy) is 1. The van der Waals surface area contributed by atoms with Crippen molar-refractivity contribution in [1.82, 2.24) is 5.32 Å². The van der Waals surface area contributed by atoms with E-state index in [0.717, 1.165) is 26.2 Å². The first-order valence-electron chi connectivity index (χ1n) is 5.76. The molecule has 0 fully saturated rings. The van der Waals surface area contributed by atoms with Crippen molar-refractivity contribution in [3.05, 3.63) is 0 Å². The Kier molecular flexibility index (Phi) is 7.20. The molecule has 2 nitrogen and oxygen atoms in total. The van der Waals surface area contributed by atoms with Crippen molar-refractivity contribution >= 4 is 0 Å². The highest BCUT2D eigenvalue weighted by atomic mass is 16.5. The maximum absolute atomic E-state index is 5.61. The van der Waals surface area contributed by atoms with Crippen molar-refractivity contribution in [2.75, 3.05) is 26.8 Å². The van der Waals surface area contributed by atoms with Crippen LogP contribution in [0, 0.1) is 11.3 Å². The third-order valence-corrected chi connectivity index (χ3v) is 2.76. The fraction of sp³-hybridized carbons (Fsp3) is 1.00. The molecule has 0 aliphatic rings. The van der Waals surface area contributed by atoms with Crippen LogP contribution in [0.2, 0.25) is 0 Å². The van der Waals surface area contributed by atoms with E-state index < -0.39 is 0 Å². The van der Waals surface area contributed by atoms with E-state index in [4.69, 9.17) is 4.74 Å². The lowest BCUT2D eigenvalue weighted by atomic mass is 9.84. The maximum Gasteiger partial charge on any atom is 0.0488 e. The molecule has 0 radical (unpaired) electrons.